The normalized spacial score (nSPS) is 22.7. The van der Waals surface area contributed by atoms with Gasteiger partial charge in [-0.05, 0) is 75.1 Å². The average Bonchev–Trinajstić information content (AvgIpc) is 3.39. The summed E-state index contributed by atoms with van der Waals surface area (Å²) >= 11 is 0. The van der Waals surface area contributed by atoms with Crippen LogP contribution in [0.15, 0.2) is 30.6 Å². The minimum absolute atomic E-state index is 0.0951. The summed E-state index contributed by atoms with van der Waals surface area (Å²) in [5.74, 6) is 0.0951. The number of ether oxygens (including phenoxy) is 1. The van der Waals surface area contributed by atoms with Crippen molar-refractivity contribution in [3.63, 3.8) is 0 Å². The molecular formula is C33H42F6N6O3. The Balaban J connectivity index is 1.49. The fourth-order valence-electron chi connectivity index (χ4n) is 7.07. The molecule has 1 aromatic carbocycles. The lowest BCUT2D eigenvalue weighted by molar-refractivity contribution is -0.143. The predicted molar refractivity (Wildman–Crippen MR) is 166 cm³/mol. The van der Waals surface area contributed by atoms with Crippen molar-refractivity contribution in [3.8, 4) is 0 Å². The molecule has 15 heteroatoms. The maximum absolute atomic E-state index is 13.8. The zero-order chi connectivity index (χ0) is 34.8. The van der Waals surface area contributed by atoms with Crippen molar-refractivity contribution in [1.29, 1.82) is 0 Å². The van der Waals surface area contributed by atoms with E-state index in [1.807, 2.05) is 13.8 Å². The van der Waals surface area contributed by atoms with Crippen LogP contribution in [0.2, 0.25) is 0 Å². The van der Waals surface area contributed by atoms with Gasteiger partial charge in [0.05, 0.1) is 29.2 Å². The van der Waals surface area contributed by atoms with E-state index in [-0.39, 0.29) is 54.4 Å². The number of aromatic nitrogens is 2. The third-order valence-corrected chi connectivity index (χ3v) is 9.70. The largest absolute Gasteiger partial charge is 0.446 e. The molecule has 3 aliphatic rings. The fourth-order valence-corrected chi connectivity index (χ4v) is 7.07. The first kappa shape index (κ1) is 35.5. The molecule has 48 heavy (non-hydrogen) atoms. The van der Waals surface area contributed by atoms with Crippen molar-refractivity contribution in [2.24, 2.45) is 0 Å². The van der Waals surface area contributed by atoms with Gasteiger partial charge in [0.25, 0.3) is 0 Å². The van der Waals surface area contributed by atoms with Gasteiger partial charge in [0, 0.05) is 44.8 Å². The molecule has 9 nitrogen and oxygen atoms in total. The standard InChI is InChI=1S/C33H42F6N6O3/c1-4-24-16-26(17-25(5-2)45(24)31(47)48-28-9-7-6-8-10-28)44(29-40-18-27(19-41-29)43-12-11-42(3)30(43)46)20-21-13-22(32(34,35)36)15-23(14-21)33(37,38)39/h13-15,18-19,24-26,28H,4-12,16-17,20H2,1-3H3/t24-,25+,26?. The van der Waals surface area contributed by atoms with Gasteiger partial charge in [0.2, 0.25) is 5.95 Å². The number of anilines is 2. The fraction of sp³-hybridized carbons (Fsp3) is 0.636. The van der Waals surface area contributed by atoms with E-state index in [2.05, 4.69) is 9.97 Å². The quantitative estimate of drug-likeness (QED) is 0.263. The summed E-state index contributed by atoms with van der Waals surface area (Å²) in [5, 5.41) is 0. The van der Waals surface area contributed by atoms with E-state index >= 15 is 0 Å². The molecule has 2 aliphatic heterocycles. The Kier molecular flexibility index (Phi) is 10.6. The molecule has 1 saturated carbocycles. The van der Waals surface area contributed by atoms with Crippen molar-refractivity contribution in [3.05, 3.63) is 47.3 Å². The first-order chi connectivity index (χ1) is 22.7. The molecule has 1 aromatic heterocycles. The zero-order valence-electron chi connectivity index (χ0n) is 27.4. The number of carbonyl (C=O) groups is 2. The highest BCUT2D eigenvalue weighted by atomic mass is 19.4. The van der Waals surface area contributed by atoms with Crippen LogP contribution in [0.5, 0.6) is 0 Å². The van der Waals surface area contributed by atoms with E-state index in [4.69, 9.17) is 4.74 Å². The second-order valence-electron chi connectivity index (χ2n) is 12.9. The number of benzene rings is 1. The van der Waals surface area contributed by atoms with Crippen LogP contribution in [0.25, 0.3) is 0 Å². The van der Waals surface area contributed by atoms with Gasteiger partial charge in [-0.25, -0.2) is 19.6 Å². The number of nitrogens with zero attached hydrogens (tertiary/aromatic N) is 6. The van der Waals surface area contributed by atoms with Gasteiger partial charge in [0.15, 0.2) is 0 Å². The molecule has 3 fully saturated rings. The first-order valence-corrected chi connectivity index (χ1v) is 16.6. The number of carbonyl (C=O) groups excluding carboxylic acids is 2. The van der Waals surface area contributed by atoms with Crippen LogP contribution < -0.4 is 9.80 Å². The number of piperidine rings is 1. The van der Waals surface area contributed by atoms with Crippen LogP contribution in [-0.2, 0) is 23.6 Å². The minimum atomic E-state index is -5.00. The molecule has 3 atom stereocenters. The zero-order valence-corrected chi connectivity index (χ0v) is 27.4. The van der Waals surface area contributed by atoms with Crippen LogP contribution in [0.4, 0.5) is 47.6 Å². The maximum atomic E-state index is 13.8. The number of rotatable bonds is 8. The van der Waals surface area contributed by atoms with E-state index in [0.717, 1.165) is 44.2 Å². The Hall–Kier alpha value is -3.78. The maximum Gasteiger partial charge on any atom is 0.416 e. The van der Waals surface area contributed by atoms with Crippen molar-refractivity contribution >= 4 is 23.8 Å². The van der Waals surface area contributed by atoms with Gasteiger partial charge in [-0.3, -0.25) is 4.90 Å². The van der Waals surface area contributed by atoms with Crippen LogP contribution in [-0.4, -0.2) is 76.3 Å². The number of likely N-dealkylation sites (tertiary alicyclic amines) is 1. The SMILES string of the molecule is CC[C@@H]1CC(N(Cc2cc(C(F)(F)F)cc(C(F)(F)F)c2)c2ncc(N3CCN(C)C3=O)cn2)C[C@H](CC)N1C(=O)OC1CCCCC1. The molecule has 5 rings (SSSR count). The Morgan fingerprint density at radius 2 is 1.46 bits per heavy atom. The highest BCUT2D eigenvalue weighted by Crippen LogP contribution is 2.38. The van der Waals surface area contributed by atoms with Gasteiger partial charge in [-0.1, -0.05) is 20.3 Å². The van der Waals surface area contributed by atoms with Crippen molar-refractivity contribution in [1.82, 2.24) is 19.8 Å². The minimum Gasteiger partial charge on any atom is -0.446 e. The number of hydrogen-bond acceptors (Lipinski definition) is 6. The number of hydrogen-bond donors (Lipinski definition) is 0. The van der Waals surface area contributed by atoms with E-state index in [0.29, 0.717) is 44.5 Å². The van der Waals surface area contributed by atoms with E-state index in [9.17, 15) is 35.9 Å². The number of urea groups is 1. The van der Waals surface area contributed by atoms with Crippen LogP contribution >= 0.6 is 0 Å². The molecule has 0 N–H and O–H groups in total. The summed E-state index contributed by atoms with van der Waals surface area (Å²) in [6.45, 7) is 4.44. The third-order valence-electron chi connectivity index (χ3n) is 9.70. The number of halogens is 6. The van der Waals surface area contributed by atoms with Crippen molar-refractivity contribution in [2.45, 2.75) is 115 Å². The topological polar surface area (TPSA) is 82.1 Å². The third kappa shape index (κ3) is 7.91. The molecule has 3 amide bonds. The number of likely N-dealkylation sites (N-methyl/N-ethyl adjacent to an activating group) is 1. The highest BCUT2D eigenvalue weighted by molar-refractivity contribution is 5.93. The predicted octanol–water partition coefficient (Wildman–Crippen LogP) is 7.88. The molecule has 3 heterocycles. The molecule has 2 aromatic rings. The van der Waals surface area contributed by atoms with E-state index in [1.165, 1.54) is 22.2 Å². The summed E-state index contributed by atoms with van der Waals surface area (Å²) < 4.78 is 88.7. The summed E-state index contributed by atoms with van der Waals surface area (Å²) in [6.07, 6.45) is -1.07. The smallest absolute Gasteiger partial charge is 0.416 e. The van der Waals surface area contributed by atoms with Gasteiger partial charge in [0.1, 0.15) is 6.10 Å². The molecule has 1 aliphatic carbocycles. The highest BCUT2D eigenvalue weighted by Gasteiger charge is 2.42. The molecular weight excluding hydrogens is 642 g/mol. The second-order valence-corrected chi connectivity index (χ2v) is 12.9. The molecule has 0 bridgehead atoms. The van der Waals surface area contributed by atoms with Crippen LogP contribution in [0.1, 0.15) is 88.3 Å². The Bertz CT molecular complexity index is 1390. The van der Waals surface area contributed by atoms with Gasteiger partial charge < -0.3 is 19.4 Å². The van der Waals surface area contributed by atoms with Gasteiger partial charge in [-0.15, -0.1) is 0 Å². The van der Waals surface area contributed by atoms with Crippen molar-refractivity contribution in [2.75, 3.05) is 29.9 Å². The lowest BCUT2D eigenvalue weighted by Gasteiger charge is -2.47. The summed E-state index contributed by atoms with van der Waals surface area (Å²) in [4.78, 5) is 41.5. The van der Waals surface area contributed by atoms with Gasteiger partial charge >= 0.3 is 24.5 Å². The molecule has 0 spiro atoms. The summed E-state index contributed by atoms with van der Waals surface area (Å²) in [5.41, 5.74) is -2.59. The Morgan fingerprint density at radius 1 is 0.896 bits per heavy atom. The molecule has 264 valence electrons. The monoisotopic (exact) mass is 684 g/mol. The van der Waals surface area contributed by atoms with Gasteiger partial charge in [-0.2, -0.15) is 26.3 Å². The van der Waals surface area contributed by atoms with E-state index < -0.39 is 29.5 Å². The number of amides is 3. The summed E-state index contributed by atoms with van der Waals surface area (Å²) in [7, 11) is 1.66. The lowest BCUT2D eigenvalue weighted by atomic mass is 9.87. The lowest BCUT2D eigenvalue weighted by Crippen LogP contribution is -2.57. The Morgan fingerprint density at radius 3 is 1.94 bits per heavy atom. The average molecular weight is 685 g/mol. The summed E-state index contributed by atoms with van der Waals surface area (Å²) in [6, 6.07) is 0.290. The van der Waals surface area contributed by atoms with Crippen molar-refractivity contribution < 1.29 is 40.7 Å². The Labute approximate surface area is 276 Å². The van der Waals surface area contributed by atoms with E-state index in [1.54, 1.807) is 16.8 Å². The second kappa shape index (κ2) is 14.4. The van der Waals surface area contributed by atoms with Crippen LogP contribution in [0.3, 0.4) is 0 Å². The molecule has 1 unspecified atom stereocenters. The van der Waals surface area contributed by atoms with Crippen LogP contribution in [0, 0.1) is 0 Å². The first-order valence-electron chi connectivity index (χ1n) is 16.6. The number of alkyl halides is 6. The molecule has 2 saturated heterocycles. The molecule has 0 radical (unpaired) electrons.